The summed E-state index contributed by atoms with van der Waals surface area (Å²) >= 11 is 0. The van der Waals surface area contributed by atoms with E-state index in [9.17, 15) is 19.5 Å². The second kappa shape index (κ2) is 14.4. The lowest BCUT2D eigenvalue weighted by molar-refractivity contribution is -0.140. The predicted octanol–water partition coefficient (Wildman–Crippen LogP) is 6.09. The van der Waals surface area contributed by atoms with E-state index in [-0.39, 0.29) is 5.75 Å². The Balaban J connectivity index is 2.42. The fraction of sp³-hybridized carbons (Fsp3) is 0.500. The minimum Gasteiger partial charge on any atom is -0.508 e. The molecule has 208 valence electrons. The number of alkyl carbamates (subject to hydrolysis) is 1. The maximum Gasteiger partial charge on any atom is 0.408 e. The average molecular weight is 526 g/mol. The van der Waals surface area contributed by atoms with E-state index in [1.807, 2.05) is 25.1 Å². The van der Waals surface area contributed by atoms with Crippen molar-refractivity contribution in [2.45, 2.75) is 91.3 Å². The number of phenolic OH excluding ortho intramolecular Hbond substituents is 1. The van der Waals surface area contributed by atoms with Crippen molar-refractivity contribution in [1.29, 1.82) is 0 Å². The number of benzene rings is 2. The van der Waals surface area contributed by atoms with Crippen LogP contribution in [-0.4, -0.2) is 46.1 Å². The predicted molar refractivity (Wildman–Crippen MR) is 150 cm³/mol. The molecule has 2 aromatic carbocycles. The number of unbranched alkanes of at least 4 members (excludes halogenated alkanes) is 4. The molecule has 8 nitrogen and oxygen atoms in total. The van der Waals surface area contributed by atoms with E-state index in [0.717, 1.165) is 31.2 Å². The molecule has 0 radical (unpaired) electrons. The number of carbonyl (C=O) groups excluding carboxylic acids is 3. The van der Waals surface area contributed by atoms with Gasteiger partial charge in [-0.05, 0) is 70.4 Å². The number of aromatic hydroxyl groups is 1. The molecule has 0 saturated carbocycles. The third kappa shape index (κ3) is 9.72. The largest absolute Gasteiger partial charge is 0.508 e. The van der Waals surface area contributed by atoms with Gasteiger partial charge in [-0.25, -0.2) is 4.79 Å². The lowest BCUT2D eigenvalue weighted by Crippen LogP contribution is -2.51. The molecule has 3 amide bonds. The fourth-order valence-electron chi connectivity index (χ4n) is 4.13. The van der Waals surface area contributed by atoms with Gasteiger partial charge in [0.05, 0.1) is 0 Å². The van der Waals surface area contributed by atoms with Crippen LogP contribution in [0.5, 0.6) is 5.75 Å². The Kier molecular flexibility index (Phi) is 11.6. The average Bonchev–Trinajstić information content (AvgIpc) is 2.82. The molecular weight excluding hydrogens is 482 g/mol. The number of hydrogen-bond acceptors (Lipinski definition) is 5. The molecule has 3 N–H and O–H groups in total. The maximum absolute atomic E-state index is 13.8. The quantitative estimate of drug-likeness (QED) is 0.291. The van der Waals surface area contributed by atoms with E-state index in [2.05, 4.69) is 17.6 Å². The highest BCUT2D eigenvalue weighted by Crippen LogP contribution is 2.28. The highest BCUT2D eigenvalue weighted by atomic mass is 16.6. The number of anilines is 1. The van der Waals surface area contributed by atoms with Crippen LogP contribution in [0, 0.1) is 6.92 Å². The number of nitrogens with one attached hydrogen (secondary N) is 2. The minimum atomic E-state index is -1.02. The molecule has 0 aliphatic heterocycles. The van der Waals surface area contributed by atoms with Crippen LogP contribution in [0.2, 0.25) is 0 Å². The van der Waals surface area contributed by atoms with Crippen LogP contribution in [0.1, 0.15) is 83.9 Å². The van der Waals surface area contributed by atoms with Gasteiger partial charge in [0.15, 0.2) is 0 Å². The Morgan fingerprint density at radius 3 is 2.32 bits per heavy atom. The molecule has 0 heterocycles. The Morgan fingerprint density at radius 1 is 1.00 bits per heavy atom. The third-order valence-electron chi connectivity index (χ3n) is 6.04. The number of amides is 3. The van der Waals surface area contributed by atoms with Crippen LogP contribution >= 0.6 is 0 Å². The van der Waals surface area contributed by atoms with E-state index in [4.69, 9.17) is 4.74 Å². The van der Waals surface area contributed by atoms with Crippen molar-refractivity contribution in [3.8, 4) is 5.75 Å². The first kappa shape index (κ1) is 30.7. The summed E-state index contributed by atoms with van der Waals surface area (Å²) in [6.07, 6.45) is 4.09. The number of hydrogen-bond donors (Lipinski definition) is 3. The molecule has 0 saturated heterocycles. The highest BCUT2D eigenvalue weighted by Gasteiger charge is 2.35. The van der Waals surface area contributed by atoms with E-state index in [1.54, 1.807) is 45.9 Å². The third-order valence-corrected chi connectivity index (χ3v) is 6.04. The molecule has 0 bridgehead atoms. The fourth-order valence-corrected chi connectivity index (χ4v) is 4.13. The van der Waals surface area contributed by atoms with Gasteiger partial charge in [-0.15, -0.1) is 0 Å². The summed E-state index contributed by atoms with van der Waals surface area (Å²) in [5, 5.41) is 15.8. The highest BCUT2D eigenvalue weighted by molar-refractivity contribution is 5.99. The number of carbonyl (C=O) groups is 3. The zero-order chi connectivity index (χ0) is 28.3. The van der Waals surface area contributed by atoms with Gasteiger partial charge >= 0.3 is 6.09 Å². The lowest BCUT2D eigenvalue weighted by Gasteiger charge is -2.34. The summed E-state index contributed by atoms with van der Waals surface area (Å²) in [6, 6.07) is 11.8. The van der Waals surface area contributed by atoms with E-state index in [1.165, 1.54) is 17.0 Å². The first-order chi connectivity index (χ1) is 17.9. The number of para-hydroxylation sites is 1. The Bertz CT molecular complexity index is 1080. The monoisotopic (exact) mass is 525 g/mol. The first-order valence-electron chi connectivity index (χ1n) is 13.4. The van der Waals surface area contributed by atoms with Gasteiger partial charge in [-0.2, -0.15) is 0 Å². The van der Waals surface area contributed by atoms with Crippen molar-refractivity contribution < 1.29 is 24.2 Å². The zero-order valence-electron chi connectivity index (χ0n) is 23.5. The van der Waals surface area contributed by atoms with Crippen LogP contribution in [-0.2, 0) is 14.3 Å². The summed E-state index contributed by atoms with van der Waals surface area (Å²) < 4.78 is 5.33. The molecule has 0 fully saturated rings. The molecule has 2 aromatic rings. The molecule has 2 rings (SSSR count). The summed E-state index contributed by atoms with van der Waals surface area (Å²) in [5.74, 6) is -0.831. The molecule has 0 spiro atoms. The number of ether oxygens (including phenoxy) is 1. The van der Waals surface area contributed by atoms with Crippen LogP contribution < -0.4 is 10.6 Å². The molecule has 0 aliphatic rings. The van der Waals surface area contributed by atoms with Crippen LogP contribution in [0.3, 0.4) is 0 Å². The summed E-state index contributed by atoms with van der Waals surface area (Å²) in [5.41, 5.74) is 1.27. The molecule has 2 atom stereocenters. The van der Waals surface area contributed by atoms with Crippen molar-refractivity contribution >= 4 is 23.6 Å². The van der Waals surface area contributed by atoms with Crippen LogP contribution in [0.25, 0.3) is 0 Å². The lowest BCUT2D eigenvalue weighted by atomic mass is 10.0. The van der Waals surface area contributed by atoms with Crippen LogP contribution in [0.15, 0.2) is 48.5 Å². The van der Waals surface area contributed by atoms with Crippen molar-refractivity contribution in [2.24, 2.45) is 0 Å². The second-order valence-corrected chi connectivity index (χ2v) is 10.6. The van der Waals surface area contributed by atoms with Gasteiger partial charge in [0.1, 0.15) is 23.4 Å². The molecule has 38 heavy (non-hydrogen) atoms. The summed E-state index contributed by atoms with van der Waals surface area (Å²) in [4.78, 5) is 41.5. The molecular formula is C30H43N3O5. The number of phenols is 1. The van der Waals surface area contributed by atoms with Crippen LogP contribution in [0.4, 0.5) is 10.5 Å². The molecule has 0 aliphatic carbocycles. The van der Waals surface area contributed by atoms with Gasteiger partial charge in [0, 0.05) is 12.2 Å². The zero-order valence-corrected chi connectivity index (χ0v) is 23.5. The van der Waals surface area contributed by atoms with Crippen molar-refractivity contribution in [1.82, 2.24) is 10.2 Å². The number of rotatable bonds is 12. The van der Waals surface area contributed by atoms with Gasteiger partial charge in [0.2, 0.25) is 5.91 Å². The van der Waals surface area contributed by atoms with E-state index < -0.39 is 35.6 Å². The molecule has 2 unspecified atom stereocenters. The van der Waals surface area contributed by atoms with Crippen molar-refractivity contribution in [3.63, 3.8) is 0 Å². The minimum absolute atomic E-state index is 0.00790. The first-order valence-corrected chi connectivity index (χ1v) is 13.4. The summed E-state index contributed by atoms with van der Waals surface area (Å²) in [6.45, 7) is 11.1. The van der Waals surface area contributed by atoms with E-state index in [0.29, 0.717) is 24.2 Å². The van der Waals surface area contributed by atoms with Gasteiger partial charge in [0.25, 0.3) is 5.91 Å². The standard InChI is InChI=1S/C30H43N3O5/c1-7-8-9-10-13-19-33(28(36)22(3)31-29(37)38-30(4,5)6)26(23-16-14-17-24(34)20-23)27(35)32-25-18-12-11-15-21(25)2/h11-12,14-18,20,22,26,34H,7-10,13,19H2,1-6H3,(H,31,37)(H,32,35). The van der Waals surface area contributed by atoms with E-state index >= 15 is 0 Å². The SMILES string of the molecule is CCCCCCCN(C(=O)C(C)NC(=O)OC(C)(C)C)C(C(=O)Nc1ccccc1C)c1cccc(O)c1. The van der Waals surface area contributed by atoms with Crippen molar-refractivity contribution in [3.05, 3.63) is 59.7 Å². The molecule has 8 heteroatoms. The summed E-state index contributed by atoms with van der Waals surface area (Å²) in [7, 11) is 0. The molecule has 0 aromatic heterocycles. The second-order valence-electron chi connectivity index (χ2n) is 10.6. The topological polar surface area (TPSA) is 108 Å². The normalized spacial score (nSPS) is 12.8. The smallest absolute Gasteiger partial charge is 0.408 e. The van der Waals surface area contributed by atoms with Gasteiger partial charge in [-0.1, -0.05) is 62.9 Å². The van der Waals surface area contributed by atoms with Gasteiger partial charge in [-0.3, -0.25) is 9.59 Å². The Hall–Kier alpha value is -3.55. The van der Waals surface area contributed by atoms with Crippen molar-refractivity contribution in [2.75, 3.05) is 11.9 Å². The Morgan fingerprint density at radius 2 is 1.68 bits per heavy atom. The number of aryl methyl sites for hydroxylation is 1. The Labute approximate surface area is 226 Å². The number of nitrogens with zero attached hydrogens (tertiary/aromatic N) is 1. The maximum atomic E-state index is 13.8. The van der Waals surface area contributed by atoms with Gasteiger partial charge < -0.3 is 25.4 Å².